The van der Waals surface area contributed by atoms with Gasteiger partial charge >= 0.3 is 5.97 Å². The van der Waals surface area contributed by atoms with Crippen LogP contribution < -0.4 is 10.6 Å². The van der Waals surface area contributed by atoms with E-state index in [1.54, 1.807) is 30.0 Å². The smallest absolute Gasteiger partial charge is 0.305 e. The zero-order chi connectivity index (χ0) is 14.7. The van der Waals surface area contributed by atoms with E-state index in [1.807, 2.05) is 4.90 Å². The first kappa shape index (κ1) is 15.0. The van der Waals surface area contributed by atoms with Gasteiger partial charge in [-0.25, -0.2) is 0 Å². The van der Waals surface area contributed by atoms with E-state index in [0.717, 1.165) is 5.75 Å². The fourth-order valence-electron chi connectivity index (χ4n) is 2.29. The molecule has 0 saturated carbocycles. The van der Waals surface area contributed by atoms with Crippen molar-refractivity contribution in [2.45, 2.75) is 12.5 Å². The molecule has 1 amide bonds. The molecule has 1 fully saturated rings. The van der Waals surface area contributed by atoms with Gasteiger partial charge in [-0.3, -0.25) is 9.59 Å². The maximum absolute atomic E-state index is 11.5. The van der Waals surface area contributed by atoms with Gasteiger partial charge in [0.1, 0.15) is 0 Å². The minimum Gasteiger partial charge on any atom is -0.481 e. The van der Waals surface area contributed by atoms with Gasteiger partial charge in [-0.2, -0.15) is 11.8 Å². The minimum atomic E-state index is -0.856. The van der Waals surface area contributed by atoms with E-state index < -0.39 is 11.9 Å². The summed E-state index contributed by atoms with van der Waals surface area (Å²) in [7, 11) is 0. The number of hydrogen-bond acceptors (Lipinski definition) is 4. The van der Waals surface area contributed by atoms with Crippen LogP contribution in [-0.4, -0.2) is 41.1 Å². The Morgan fingerprint density at radius 3 is 2.90 bits per heavy atom. The summed E-state index contributed by atoms with van der Waals surface area (Å²) in [5.41, 5.74) is 6.38. The number of amides is 1. The number of nitrogens with two attached hydrogens (primary N) is 1. The van der Waals surface area contributed by atoms with E-state index in [1.165, 1.54) is 0 Å². The van der Waals surface area contributed by atoms with E-state index in [0.29, 0.717) is 28.6 Å². The molecule has 1 heterocycles. The molecule has 0 bridgehead atoms. The maximum Gasteiger partial charge on any atom is 0.305 e. The third kappa shape index (κ3) is 3.37. The predicted octanol–water partition coefficient (Wildman–Crippen LogP) is 1.84. The monoisotopic (exact) mass is 314 g/mol. The van der Waals surface area contributed by atoms with Crippen LogP contribution in [0.3, 0.4) is 0 Å². The highest BCUT2D eigenvalue weighted by atomic mass is 35.5. The number of hydrogen-bond donors (Lipinski definition) is 2. The molecular formula is C13H15ClN2O3S. The number of halogens is 1. The van der Waals surface area contributed by atoms with Gasteiger partial charge in [0.25, 0.3) is 5.91 Å². The molecule has 20 heavy (non-hydrogen) atoms. The molecule has 1 atom stereocenters. The maximum atomic E-state index is 11.5. The summed E-state index contributed by atoms with van der Waals surface area (Å²) in [4.78, 5) is 24.4. The number of carboxylic acids is 1. The highest BCUT2D eigenvalue weighted by Gasteiger charge is 2.27. The molecule has 1 aliphatic rings. The van der Waals surface area contributed by atoms with Crippen molar-refractivity contribution in [1.82, 2.24) is 0 Å². The number of rotatable bonds is 4. The Morgan fingerprint density at radius 1 is 1.50 bits per heavy atom. The van der Waals surface area contributed by atoms with Crippen LogP contribution in [0.15, 0.2) is 18.2 Å². The summed E-state index contributed by atoms with van der Waals surface area (Å²) >= 11 is 7.70. The van der Waals surface area contributed by atoms with E-state index in [4.69, 9.17) is 22.4 Å². The Hall–Kier alpha value is -1.40. The van der Waals surface area contributed by atoms with Crippen molar-refractivity contribution in [3.8, 4) is 0 Å². The highest BCUT2D eigenvalue weighted by Crippen LogP contribution is 2.30. The second-order valence-corrected chi connectivity index (χ2v) is 6.13. The van der Waals surface area contributed by atoms with Gasteiger partial charge in [0.15, 0.2) is 0 Å². The summed E-state index contributed by atoms with van der Waals surface area (Å²) in [6.45, 7) is 0.670. The lowest BCUT2D eigenvalue weighted by Gasteiger charge is -2.37. The molecule has 1 unspecified atom stereocenters. The van der Waals surface area contributed by atoms with Gasteiger partial charge in [0.05, 0.1) is 17.7 Å². The lowest BCUT2D eigenvalue weighted by Crippen LogP contribution is -2.44. The molecule has 0 spiro atoms. The van der Waals surface area contributed by atoms with Crippen molar-refractivity contribution in [2.75, 3.05) is 23.0 Å². The topological polar surface area (TPSA) is 83.6 Å². The zero-order valence-corrected chi connectivity index (χ0v) is 12.3. The molecule has 0 aliphatic carbocycles. The summed E-state index contributed by atoms with van der Waals surface area (Å²) in [5.74, 6) is 0.187. The van der Waals surface area contributed by atoms with Gasteiger partial charge in [0.2, 0.25) is 0 Å². The van der Waals surface area contributed by atoms with Crippen LogP contribution >= 0.6 is 23.4 Å². The average Bonchev–Trinajstić information content (AvgIpc) is 2.38. The number of carboxylic acid groups (broad SMARTS) is 1. The van der Waals surface area contributed by atoms with E-state index in [-0.39, 0.29) is 12.5 Å². The summed E-state index contributed by atoms with van der Waals surface area (Å²) in [6, 6.07) is 4.70. The van der Waals surface area contributed by atoms with Crippen molar-refractivity contribution in [2.24, 2.45) is 5.73 Å². The number of thioether (sulfide) groups is 1. The fraction of sp³-hybridized carbons (Fsp3) is 0.385. The Balaban J connectivity index is 2.38. The lowest BCUT2D eigenvalue weighted by molar-refractivity contribution is -0.137. The largest absolute Gasteiger partial charge is 0.481 e. The Bertz CT molecular complexity index is 538. The first-order chi connectivity index (χ1) is 9.49. The van der Waals surface area contributed by atoms with Crippen molar-refractivity contribution in [3.05, 3.63) is 28.8 Å². The van der Waals surface area contributed by atoms with Crippen LogP contribution in [0, 0.1) is 0 Å². The van der Waals surface area contributed by atoms with Gasteiger partial charge in [-0.1, -0.05) is 11.6 Å². The molecule has 1 saturated heterocycles. The second kappa shape index (κ2) is 6.37. The third-order valence-corrected chi connectivity index (χ3v) is 4.50. The number of anilines is 1. The number of carbonyl (C=O) groups is 2. The second-order valence-electron chi connectivity index (χ2n) is 4.55. The first-order valence-electron chi connectivity index (χ1n) is 6.14. The standard InChI is InChI=1S/C13H15ClN2O3S/c14-8-1-2-10(13(15)19)11(5-8)16-3-4-20-7-9(16)6-12(17)18/h1-2,5,9H,3-4,6-7H2,(H2,15,19)(H,17,18). The number of benzene rings is 1. The summed E-state index contributed by atoms with van der Waals surface area (Å²) in [5, 5.41) is 9.51. The Labute approximate surface area is 126 Å². The zero-order valence-electron chi connectivity index (χ0n) is 10.7. The predicted molar refractivity (Wildman–Crippen MR) is 80.7 cm³/mol. The van der Waals surface area contributed by atoms with Crippen LogP contribution in [0.5, 0.6) is 0 Å². The third-order valence-electron chi connectivity index (χ3n) is 3.17. The quantitative estimate of drug-likeness (QED) is 0.886. The fourth-order valence-corrected chi connectivity index (χ4v) is 3.52. The van der Waals surface area contributed by atoms with Crippen molar-refractivity contribution in [3.63, 3.8) is 0 Å². The highest BCUT2D eigenvalue weighted by molar-refractivity contribution is 7.99. The number of primary amides is 1. The van der Waals surface area contributed by atoms with E-state index >= 15 is 0 Å². The van der Waals surface area contributed by atoms with Gasteiger partial charge in [-0.05, 0) is 18.2 Å². The molecule has 2 rings (SSSR count). The van der Waals surface area contributed by atoms with Crippen LogP contribution in [0.25, 0.3) is 0 Å². The van der Waals surface area contributed by atoms with E-state index in [9.17, 15) is 9.59 Å². The summed E-state index contributed by atoms with van der Waals surface area (Å²) in [6.07, 6.45) is 0.0255. The molecule has 1 aliphatic heterocycles. The summed E-state index contributed by atoms with van der Waals surface area (Å²) < 4.78 is 0. The van der Waals surface area contributed by atoms with Gasteiger partial charge < -0.3 is 15.7 Å². The molecule has 1 aromatic rings. The van der Waals surface area contributed by atoms with Crippen LogP contribution in [0.2, 0.25) is 5.02 Å². The molecule has 7 heteroatoms. The molecule has 1 aromatic carbocycles. The normalized spacial score (nSPS) is 18.9. The van der Waals surface area contributed by atoms with Gasteiger partial charge in [-0.15, -0.1) is 0 Å². The molecule has 3 N–H and O–H groups in total. The van der Waals surface area contributed by atoms with Crippen LogP contribution in [0.1, 0.15) is 16.8 Å². The Morgan fingerprint density at radius 2 is 2.25 bits per heavy atom. The molecular weight excluding hydrogens is 300 g/mol. The number of aliphatic carboxylic acids is 1. The molecule has 0 radical (unpaired) electrons. The first-order valence-corrected chi connectivity index (χ1v) is 7.68. The minimum absolute atomic E-state index is 0.0255. The lowest BCUT2D eigenvalue weighted by atomic mass is 10.1. The average molecular weight is 315 g/mol. The molecule has 0 aromatic heterocycles. The van der Waals surface area contributed by atoms with Crippen molar-refractivity contribution < 1.29 is 14.7 Å². The number of nitrogens with zero attached hydrogens (tertiary/aromatic N) is 1. The van der Waals surface area contributed by atoms with Gasteiger partial charge in [0, 0.05) is 29.1 Å². The number of carbonyl (C=O) groups excluding carboxylic acids is 1. The van der Waals surface area contributed by atoms with Crippen molar-refractivity contribution in [1.29, 1.82) is 0 Å². The van der Waals surface area contributed by atoms with Crippen LogP contribution in [0.4, 0.5) is 5.69 Å². The molecule has 108 valence electrons. The SMILES string of the molecule is NC(=O)c1ccc(Cl)cc1N1CCSCC1CC(=O)O. The van der Waals surface area contributed by atoms with Crippen LogP contribution in [-0.2, 0) is 4.79 Å². The molecule has 5 nitrogen and oxygen atoms in total. The van der Waals surface area contributed by atoms with Crippen molar-refractivity contribution >= 4 is 40.9 Å². The Kier molecular flexibility index (Phi) is 4.77. The van der Waals surface area contributed by atoms with E-state index in [2.05, 4.69) is 0 Å².